The van der Waals surface area contributed by atoms with E-state index in [0.717, 1.165) is 5.69 Å². The topological polar surface area (TPSA) is 84.7 Å². The van der Waals surface area contributed by atoms with Gasteiger partial charge in [0.2, 0.25) is 0 Å². The van der Waals surface area contributed by atoms with Crippen LogP contribution >= 0.6 is 12.2 Å². The van der Waals surface area contributed by atoms with Crippen LogP contribution in [0.1, 0.15) is 25.5 Å². The molecule has 1 aliphatic heterocycles. The molecule has 2 aromatic carbocycles. The molecule has 28 heavy (non-hydrogen) atoms. The highest BCUT2D eigenvalue weighted by atomic mass is 32.1. The molecule has 1 atom stereocenters. The Hall–Kier alpha value is -3.26. The number of thiocarbonyl (C=S) groups is 1. The van der Waals surface area contributed by atoms with Gasteiger partial charge in [0.1, 0.15) is 0 Å². The second kappa shape index (κ2) is 8.18. The monoisotopic (exact) mass is 397 g/mol. The molecule has 1 aliphatic rings. The number of anilines is 1. The van der Waals surface area contributed by atoms with Gasteiger partial charge in [0.25, 0.3) is 5.69 Å². The number of carbonyl (C=O) groups excluding carboxylic acids is 1. The molecule has 1 N–H and O–H groups in total. The molecule has 0 saturated carbocycles. The molecule has 2 aromatic rings. The number of non-ortho nitro benzene ring substituents is 1. The maximum Gasteiger partial charge on any atom is 0.338 e. The Labute approximate surface area is 167 Å². The summed E-state index contributed by atoms with van der Waals surface area (Å²) in [6.07, 6.45) is 0. The summed E-state index contributed by atoms with van der Waals surface area (Å²) in [6.45, 7) is 3.73. The van der Waals surface area contributed by atoms with E-state index in [-0.39, 0.29) is 12.3 Å². The maximum atomic E-state index is 12.8. The molecule has 0 amide bonds. The van der Waals surface area contributed by atoms with E-state index in [2.05, 4.69) is 5.32 Å². The first-order chi connectivity index (χ1) is 13.4. The summed E-state index contributed by atoms with van der Waals surface area (Å²) < 4.78 is 5.26. The Morgan fingerprint density at radius 2 is 1.96 bits per heavy atom. The van der Waals surface area contributed by atoms with Crippen LogP contribution in [0.4, 0.5) is 11.4 Å². The molecule has 7 nitrogen and oxygen atoms in total. The summed E-state index contributed by atoms with van der Waals surface area (Å²) in [5.74, 6) is -0.493. The number of rotatable bonds is 5. The molecule has 1 unspecified atom stereocenters. The summed E-state index contributed by atoms with van der Waals surface area (Å²) in [5, 5.41) is 14.7. The Morgan fingerprint density at radius 1 is 1.25 bits per heavy atom. The fraction of sp³-hybridized carbons (Fsp3) is 0.200. The third kappa shape index (κ3) is 3.72. The predicted molar refractivity (Wildman–Crippen MR) is 110 cm³/mol. The molecule has 0 radical (unpaired) electrons. The molecule has 144 valence electrons. The van der Waals surface area contributed by atoms with E-state index in [0.29, 0.717) is 21.9 Å². The van der Waals surface area contributed by atoms with Gasteiger partial charge < -0.3 is 10.1 Å². The van der Waals surface area contributed by atoms with Gasteiger partial charge in [0.15, 0.2) is 5.11 Å². The van der Waals surface area contributed by atoms with Crippen molar-refractivity contribution < 1.29 is 14.5 Å². The molecular formula is C20H19N3O4S. The van der Waals surface area contributed by atoms with Crippen molar-refractivity contribution in [3.63, 3.8) is 0 Å². The van der Waals surface area contributed by atoms with Crippen molar-refractivity contribution in [1.29, 1.82) is 0 Å². The lowest BCUT2D eigenvalue weighted by molar-refractivity contribution is -0.384. The Kier molecular flexibility index (Phi) is 5.70. The van der Waals surface area contributed by atoms with E-state index in [9.17, 15) is 14.9 Å². The highest BCUT2D eigenvalue weighted by Gasteiger charge is 2.35. The molecule has 0 fully saturated rings. The van der Waals surface area contributed by atoms with Crippen molar-refractivity contribution >= 4 is 34.7 Å². The normalized spacial score (nSPS) is 16.6. The van der Waals surface area contributed by atoms with Gasteiger partial charge in [0, 0.05) is 23.5 Å². The number of nitro benzene ring substituents is 1. The highest BCUT2D eigenvalue weighted by Crippen LogP contribution is 2.35. The minimum Gasteiger partial charge on any atom is -0.463 e. The van der Waals surface area contributed by atoms with Crippen molar-refractivity contribution in [3.05, 3.63) is 81.5 Å². The average Bonchev–Trinajstić information content (AvgIpc) is 2.68. The number of carbonyl (C=O) groups is 1. The van der Waals surface area contributed by atoms with E-state index in [4.69, 9.17) is 17.0 Å². The zero-order chi connectivity index (χ0) is 20.3. The van der Waals surface area contributed by atoms with Crippen LogP contribution in [0, 0.1) is 10.1 Å². The minimum absolute atomic E-state index is 0.0587. The quantitative estimate of drug-likeness (QED) is 0.355. The first-order valence-corrected chi connectivity index (χ1v) is 9.12. The van der Waals surface area contributed by atoms with Gasteiger partial charge in [-0.25, -0.2) is 4.79 Å². The van der Waals surface area contributed by atoms with Gasteiger partial charge >= 0.3 is 5.97 Å². The number of para-hydroxylation sites is 1. The number of ether oxygens (including phenoxy) is 1. The number of benzene rings is 2. The second-order valence-electron chi connectivity index (χ2n) is 6.13. The summed E-state index contributed by atoms with van der Waals surface area (Å²) in [4.78, 5) is 25.2. The van der Waals surface area contributed by atoms with Crippen LogP contribution in [0.25, 0.3) is 0 Å². The smallest absolute Gasteiger partial charge is 0.338 e. The molecule has 0 aliphatic carbocycles. The zero-order valence-electron chi connectivity index (χ0n) is 15.4. The Morgan fingerprint density at radius 3 is 2.61 bits per heavy atom. The van der Waals surface area contributed by atoms with Gasteiger partial charge in [-0.15, -0.1) is 0 Å². The van der Waals surface area contributed by atoms with E-state index < -0.39 is 16.9 Å². The number of hydrogen-bond acceptors (Lipinski definition) is 5. The SMILES string of the molecule is CCOC(=O)C1=C(C)N(c2ccccc2)C(=S)NC1c1cccc([N+](=O)[O-])c1. The van der Waals surface area contributed by atoms with Gasteiger partial charge in [0.05, 0.1) is 23.1 Å². The molecular weight excluding hydrogens is 378 g/mol. The van der Waals surface area contributed by atoms with E-state index >= 15 is 0 Å². The van der Waals surface area contributed by atoms with E-state index in [1.807, 2.05) is 30.3 Å². The number of esters is 1. The fourth-order valence-corrected chi connectivity index (χ4v) is 3.53. The van der Waals surface area contributed by atoms with Gasteiger partial charge in [-0.05, 0) is 43.8 Å². The maximum absolute atomic E-state index is 12.8. The standard InChI is InChI=1S/C20H19N3O4S/c1-3-27-19(24)17-13(2)22(15-9-5-4-6-10-15)20(28)21-18(17)14-8-7-11-16(12-14)23(25)26/h4-12,18H,3H2,1-2H3,(H,21,28). The van der Waals surface area contributed by atoms with Gasteiger partial charge in [-0.3, -0.25) is 15.0 Å². The Bertz CT molecular complexity index is 959. The number of nitrogens with one attached hydrogen (secondary N) is 1. The summed E-state index contributed by atoms with van der Waals surface area (Å²) in [7, 11) is 0. The first kappa shape index (κ1) is 19.5. The van der Waals surface area contributed by atoms with Crippen LogP contribution in [-0.2, 0) is 9.53 Å². The van der Waals surface area contributed by atoms with Crippen molar-refractivity contribution in [2.75, 3.05) is 11.5 Å². The van der Waals surface area contributed by atoms with Gasteiger partial charge in [-0.1, -0.05) is 30.3 Å². The second-order valence-corrected chi connectivity index (χ2v) is 6.51. The predicted octanol–water partition coefficient (Wildman–Crippen LogP) is 3.87. The lowest BCUT2D eigenvalue weighted by Crippen LogP contribution is -2.48. The van der Waals surface area contributed by atoms with Crippen LogP contribution in [-0.4, -0.2) is 22.6 Å². The summed E-state index contributed by atoms with van der Waals surface area (Å²) in [6, 6.07) is 14.9. The lowest BCUT2D eigenvalue weighted by Gasteiger charge is -2.37. The van der Waals surface area contributed by atoms with Crippen LogP contribution in [0.5, 0.6) is 0 Å². The average molecular weight is 397 g/mol. The van der Waals surface area contributed by atoms with Crippen molar-refractivity contribution in [3.8, 4) is 0 Å². The van der Waals surface area contributed by atoms with E-state index in [1.54, 1.807) is 30.9 Å². The lowest BCUT2D eigenvalue weighted by atomic mass is 9.94. The van der Waals surface area contributed by atoms with Crippen LogP contribution in [0.15, 0.2) is 65.9 Å². The summed E-state index contributed by atoms with van der Waals surface area (Å²) in [5.41, 5.74) is 2.28. The van der Waals surface area contributed by atoms with Crippen molar-refractivity contribution in [1.82, 2.24) is 5.32 Å². The number of nitro groups is 1. The first-order valence-electron chi connectivity index (χ1n) is 8.72. The van der Waals surface area contributed by atoms with Crippen LogP contribution in [0.2, 0.25) is 0 Å². The number of hydrogen-bond donors (Lipinski definition) is 1. The number of nitrogens with zero attached hydrogens (tertiary/aromatic N) is 2. The molecule has 8 heteroatoms. The van der Waals surface area contributed by atoms with Crippen LogP contribution < -0.4 is 10.2 Å². The molecule has 0 saturated heterocycles. The van der Waals surface area contributed by atoms with Crippen LogP contribution in [0.3, 0.4) is 0 Å². The zero-order valence-corrected chi connectivity index (χ0v) is 16.2. The van der Waals surface area contributed by atoms with Crippen molar-refractivity contribution in [2.24, 2.45) is 0 Å². The third-order valence-corrected chi connectivity index (χ3v) is 4.71. The van der Waals surface area contributed by atoms with Gasteiger partial charge in [-0.2, -0.15) is 0 Å². The summed E-state index contributed by atoms with van der Waals surface area (Å²) >= 11 is 5.55. The highest BCUT2D eigenvalue weighted by molar-refractivity contribution is 7.80. The molecule has 0 spiro atoms. The number of allylic oxidation sites excluding steroid dienone is 1. The molecule has 0 bridgehead atoms. The molecule has 3 rings (SSSR count). The largest absolute Gasteiger partial charge is 0.463 e. The van der Waals surface area contributed by atoms with Crippen molar-refractivity contribution in [2.45, 2.75) is 19.9 Å². The molecule has 1 heterocycles. The fourth-order valence-electron chi connectivity index (χ4n) is 3.17. The third-order valence-electron chi connectivity index (χ3n) is 4.41. The van der Waals surface area contributed by atoms with E-state index in [1.165, 1.54) is 12.1 Å². The molecule has 0 aromatic heterocycles. The minimum atomic E-state index is -0.647. The Balaban J connectivity index is 2.14.